The molecule has 21 nitrogen and oxygen atoms in total. The molecule has 0 aliphatic carbocycles. The third-order valence-electron chi connectivity index (χ3n) is 9.53. The number of nitro benzene ring substituents is 1. The van der Waals surface area contributed by atoms with Gasteiger partial charge in [-0.25, -0.2) is 19.2 Å². The number of nitrogens with one attached hydrogen (secondary N) is 6. The Labute approximate surface area is 397 Å². The largest absolute Gasteiger partial charge is 0.514 e. The molecular weight excluding hydrogens is 899 g/mol. The van der Waals surface area contributed by atoms with E-state index in [1.807, 2.05) is 0 Å². The molecule has 0 saturated carbocycles. The van der Waals surface area contributed by atoms with E-state index in [1.54, 1.807) is 78.9 Å². The fourth-order valence-corrected chi connectivity index (χ4v) is 5.97. The minimum absolute atomic E-state index is 0.0358. The number of rotatable bonds is 25. The normalized spacial score (nSPS) is 11.7. The summed E-state index contributed by atoms with van der Waals surface area (Å²) < 4.78 is 25.3. The summed E-state index contributed by atoms with van der Waals surface area (Å²) in [7, 11) is 0. The topological polar surface area (TPSA) is 281 Å². The lowest BCUT2D eigenvalue weighted by Crippen LogP contribution is -2.56. The van der Waals surface area contributed by atoms with Gasteiger partial charge in [0, 0.05) is 36.5 Å². The molecule has 0 aliphatic heterocycles. The van der Waals surface area contributed by atoms with E-state index in [0.29, 0.717) is 40.9 Å². The van der Waals surface area contributed by atoms with Crippen LogP contribution in [0.15, 0.2) is 128 Å². The molecule has 6 N–H and O–H groups in total. The van der Waals surface area contributed by atoms with Crippen molar-refractivity contribution in [3.05, 3.63) is 155 Å². The minimum atomic E-state index is -1.17. The van der Waals surface area contributed by atoms with Crippen LogP contribution in [0.4, 0.5) is 36.2 Å². The SMILES string of the molecule is C=CCOC(=O)NCCCC[C@H](NC(=O)[C@H](Cc1ccccc1)NC(=O)[C@@H](C)NC(=O)OCC=C)C(=O)Nc1ccc(COC(=O)Nc2ccc(COC(=O)Oc3ccc([N+](=O)[O-])cc3)cc2)cc1. The van der Waals surface area contributed by atoms with Gasteiger partial charge in [-0.05, 0) is 79.3 Å². The van der Waals surface area contributed by atoms with E-state index >= 15 is 0 Å². The molecule has 0 bridgehead atoms. The molecule has 21 heteroatoms. The summed E-state index contributed by atoms with van der Waals surface area (Å²) in [5, 5.41) is 26.6. The van der Waals surface area contributed by atoms with Gasteiger partial charge in [-0.1, -0.05) is 79.9 Å². The summed E-state index contributed by atoms with van der Waals surface area (Å²) in [6, 6.07) is 23.2. The molecule has 0 heterocycles. The van der Waals surface area contributed by atoms with Gasteiger partial charge in [0.25, 0.3) is 5.69 Å². The Morgan fingerprint density at radius 2 is 1.19 bits per heavy atom. The lowest BCUT2D eigenvalue weighted by Gasteiger charge is -2.25. The van der Waals surface area contributed by atoms with Crippen LogP contribution in [0.25, 0.3) is 0 Å². The number of non-ortho nitro benzene ring substituents is 1. The summed E-state index contributed by atoms with van der Waals surface area (Å²) in [6.45, 7) is 8.30. The molecule has 0 spiro atoms. The highest BCUT2D eigenvalue weighted by atomic mass is 16.7. The van der Waals surface area contributed by atoms with Crippen LogP contribution < -0.4 is 36.6 Å². The van der Waals surface area contributed by atoms with Crippen LogP contribution in [0.1, 0.15) is 42.9 Å². The number of unbranched alkanes of at least 4 members (excludes halogenated alkanes) is 1. The number of hydrogen-bond donors (Lipinski definition) is 6. The molecule has 6 amide bonds. The van der Waals surface area contributed by atoms with E-state index in [9.17, 15) is 43.7 Å². The quantitative estimate of drug-likeness (QED) is 0.00778. The molecule has 4 aromatic rings. The van der Waals surface area contributed by atoms with Crippen LogP contribution in [0.5, 0.6) is 5.75 Å². The molecule has 4 aromatic carbocycles. The van der Waals surface area contributed by atoms with Crippen LogP contribution in [0, 0.1) is 10.1 Å². The van der Waals surface area contributed by atoms with Crippen LogP contribution in [0.2, 0.25) is 0 Å². The van der Waals surface area contributed by atoms with E-state index < -0.39 is 65.2 Å². The fourth-order valence-electron chi connectivity index (χ4n) is 5.97. The molecule has 4 rings (SSSR count). The van der Waals surface area contributed by atoms with Crippen molar-refractivity contribution in [2.24, 2.45) is 0 Å². The van der Waals surface area contributed by atoms with E-state index in [2.05, 4.69) is 45.1 Å². The van der Waals surface area contributed by atoms with E-state index in [4.69, 9.17) is 23.7 Å². The first-order valence-corrected chi connectivity index (χ1v) is 21.4. The number of ether oxygens (including phenoxy) is 5. The molecule has 0 aromatic heterocycles. The molecule has 364 valence electrons. The minimum Gasteiger partial charge on any atom is -0.445 e. The van der Waals surface area contributed by atoms with Crippen molar-refractivity contribution in [3.63, 3.8) is 0 Å². The van der Waals surface area contributed by atoms with Gasteiger partial charge in [0.2, 0.25) is 17.7 Å². The lowest BCUT2D eigenvalue weighted by atomic mass is 10.0. The van der Waals surface area contributed by atoms with Crippen molar-refractivity contribution in [2.75, 3.05) is 30.4 Å². The van der Waals surface area contributed by atoms with Crippen molar-refractivity contribution < 1.29 is 62.2 Å². The summed E-state index contributed by atoms with van der Waals surface area (Å²) >= 11 is 0. The lowest BCUT2D eigenvalue weighted by molar-refractivity contribution is -0.384. The highest BCUT2D eigenvalue weighted by Gasteiger charge is 2.29. The predicted molar refractivity (Wildman–Crippen MR) is 251 cm³/mol. The monoisotopic (exact) mass is 951 g/mol. The standard InChI is InChI=1S/C48H53N7O14/c1-4-27-65-45(59)49-26-10-9-13-40(53-44(58)41(29-33-11-7-6-8-12-33)54-42(56)32(3)50-46(60)66-28-5-2)43(57)51-36-18-14-34(15-19-36)30-67-47(61)52-37-20-16-35(17-21-37)31-68-48(62)69-39-24-22-38(23-25-39)55(63)64/h4-8,11-12,14-25,32,40-41H,1-2,9-10,13,26-31H2,3H3,(H,49,59)(H,50,60)(H,51,57)(H,52,61)(H,53,58)(H,54,56)/t32-,40+,41+/m1/s1. The first-order valence-electron chi connectivity index (χ1n) is 21.4. The van der Waals surface area contributed by atoms with Crippen LogP contribution >= 0.6 is 0 Å². The van der Waals surface area contributed by atoms with E-state index in [0.717, 1.165) is 0 Å². The predicted octanol–water partition coefficient (Wildman–Crippen LogP) is 6.59. The number of alkyl carbamates (subject to hydrolysis) is 2. The molecule has 3 atom stereocenters. The van der Waals surface area contributed by atoms with E-state index in [1.165, 1.54) is 43.3 Å². The number of hydrogen-bond acceptors (Lipinski definition) is 14. The van der Waals surface area contributed by atoms with Gasteiger partial charge >= 0.3 is 24.4 Å². The van der Waals surface area contributed by atoms with Gasteiger partial charge in [-0.2, -0.15) is 0 Å². The Hall–Kier alpha value is -8.75. The molecular formula is C48H53N7O14. The Morgan fingerprint density at radius 1 is 0.609 bits per heavy atom. The highest BCUT2D eigenvalue weighted by Crippen LogP contribution is 2.19. The zero-order chi connectivity index (χ0) is 50.0. The number of benzene rings is 4. The molecule has 69 heavy (non-hydrogen) atoms. The van der Waals surface area contributed by atoms with Gasteiger partial charge in [-0.3, -0.25) is 29.8 Å². The second-order valence-electron chi connectivity index (χ2n) is 14.9. The highest BCUT2D eigenvalue weighted by molar-refractivity contribution is 5.99. The first kappa shape index (κ1) is 52.9. The number of nitrogens with zero attached hydrogens (tertiary/aromatic N) is 1. The smallest absolute Gasteiger partial charge is 0.445 e. The van der Waals surface area contributed by atoms with Crippen LogP contribution in [-0.4, -0.2) is 85.0 Å². The fraction of sp³-hybridized carbons (Fsp3) is 0.271. The summed E-state index contributed by atoms with van der Waals surface area (Å²) in [5.41, 5.74) is 2.46. The van der Waals surface area contributed by atoms with Gasteiger partial charge in [0.1, 0.15) is 50.3 Å². The molecule has 0 saturated heterocycles. The van der Waals surface area contributed by atoms with Gasteiger partial charge < -0.3 is 50.3 Å². The maximum absolute atomic E-state index is 13.9. The number of anilines is 2. The zero-order valence-electron chi connectivity index (χ0n) is 37.6. The Balaban J connectivity index is 1.32. The van der Waals surface area contributed by atoms with Crippen molar-refractivity contribution >= 4 is 59.2 Å². The van der Waals surface area contributed by atoms with Crippen molar-refractivity contribution in [3.8, 4) is 5.75 Å². The summed E-state index contributed by atoms with van der Waals surface area (Å²) in [6.07, 6.45) is 0.526. The average molecular weight is 952 g/mol. The van der Waals surface area contributed by atoms with Crippen molar-refractivity contribution in [1.29, 1.82) is 0 Å². The van der Waals surface area contributed by atoms with Gasteiger partial charge in [0.15, 0.2) is 0 Å². The van der Waals surface area contributed by atoms with Gasteiger partial charge in [-0.15, -0.1) is 0 Å². The van der Waals surface area contributed by atoms with Crippen molar-refractivity contribution in [2.45, 2.75) is 63.9 Å². The second-order valence-corrected chi connectivity index (χ2v) is 14.9. The van der Waals surface area contributed by atoms with E-state index in [-0.39, 0.29) is 57.3 Å². The molecule has 0 fully saturated rings. The third kappa shape index (κ3) is 19.7. The third-order valence-corrected chi connectivity index (χ3v) is 9.53. The summed E-state index contributed by atoms with van der Waals surface area (Å²) in [4.78, 5) is 99.8. The zero-order valence-corrected chi connectivity index (χ0v) is 37.6. The number of carbonyl (C=O) groups is 7. The summed E-state index contributed by atoms with van der Waals surface area (Å²) in [5.74, 6) is -1.85. The van der Waals surface area contributed by atoms with Crippen LogP contribution in [0.3, 0.4) is 0 Å². The van der Waals surface area contributed by atoms with Crippen LogP contribution in [-0.2, 0) is 53.0 Å². The second kappa shape index (κ2) is 28.3. The Kier molecular flexibility index (Phi) is 21.7. The van der Waals surface area contributed by atoms with Gasteiger partial charge in [0.05, 0.1) is 4.92 Å². The average Bonchev–Trinajstić information content (AvgIpc) is 3.34. The number of nitro groups is 1. The first-order chi connectivity index (χ1) is 33.2. The number of amides is 6. The Bertz CT molecular complexity index is 2380. The van der Waals surface area contributed by atoms with Crippen molar-refractivity contribution in [1.82, 2.24) is 21.3 Å². The molecule has 0 unspecified atom stereocenters. The Morgan fingerprint density at radius 3 is 1.80 bits per heavy atom. The maximum atomic E-state index is 13.9. The molecule has 0 radical (unpaired) electrons. The molecule has 0 aliphatic rings. The number of carbonyl (C=O) groups excluding carboxylic acids is 7. The maximum Gasteiger partial charge on any atom is 0.514 e.